The number of hydrogen-bond acceptors (Lipinski definition) is 2. The van der Waals surface area contributed by atoms with Crippen molar-refractivity contribution in [3.8, 4) is 0 Å². The Morgan fingerprint density at radius 1 is 1.57 bits per heavy atom. The van der Waals surface area contributed by atoms with Crippen LogP contribution in [0.5, 0.6) is 0 Å². The molecular weight excluding hydrogens is 196 g/mol. The Bertz CT molecular complexity index is 248. The van der Waals surface area contributed by atoms with Crippen molar-refractivity contribution in [1.29, 1.82) is 0 Å². The van der Waals surface area contributed by atoms with E-state index in [2.05, 4.69) is 35.4 Å². The van der Waals surface area contributed by atoms with Crippen molar-refractivity contribution < 1.29 is 9.30 Å². The predicted octanol–water partition coefficient (Wildman–Crippen LogP) is 1.44. The number of ether oxygens (including phenoxy) is 1. The molecule has 1 rings (SSSR count). The third-order valence-electron chi connectivity index (χ3n) is 2.23. The number of nitrogens with zero attached hydrogens (tertiary/aromatic N) is 2. The van der Waals surface area contributed by atoms with Crippen LogP contribution in [0.1, 0.15) is 12.7 Å². The second-order valence-electron chi connectivity index (χ2n) is 3.12. The first-order valence-electron chi connectivity index (χ1n) is 4.91. The van der Waals surface area contributed by atoms with Crippen LogP contribution >= 0.6 is 11.8 Å². The lowest BCUT2D eigenvalue weighted by Gasteiger charge is -1.99. The summed E-state index contributed by atoms with van der Waals surface area (Å²) in [7, 11) is 1.74. The van der Waals surface area contributed by atoms with Crippen LogP contribution < -0.4 is 4.57 Å². The molecule has 80 valence electrons. The molecule has 3 nitrogen and oxygen atoms in total. The topological polar surface area (TPSA) is 18.0 Å². The van der Waals surface area contributed by atoms with E-state index in [4.69, 9.17) is 4.74 Å². The zero-order valence-corrected chi connectivity index (χ0v) is 10.0. The highest BCUT2D eigenvalue weighted by molar-refractivity contribution is 7.98. The van der Waals surface area contributed by atoms with Crippen LogP contribution in [0.15, 0.2) is 12.4 Å². The number of methoxy groups -OCH3 is 1. The van der Waals surface area contributed by atoms with Crippen LogP contribution in [-0.2, 0) is 17.2 Å². The fourth-order valence-corrected chi connectivity index (χ4v) is 1.95. The normalized spacial score (nSPS) is 10.8. The molecule has 0 bridgehead atoms. The molecule has 4 heteroatoms. The number of hydrogen-bond donors (Lipinski definition) is 0. The average Bonchev–Trinajstić information content (AvgIpc) is 2.54. The summed E-state index contributed by atoms with van der Waals surface area (Å²) in [5.41, 5.74) is 0. The molecule has 0 atom stereocenters. The highest BCUT2D eigenvalue weighted by Gasteiger charge is 2.10. The Kier molecular flexibility index (Phi) is 5.04. The van der Waals surface area contributed by atoms with Gasteiger partial charge in [0.15, 0.2) is 0 Å². The Hall–Kier alpha value is -0.480. The molecule has 0 spiro atoms. The highest BCUT2D eigenvalue weighted by Crippen LogP contribution is 2.00. The maximum Gasteiger partial charge on any atom is 0.254 e. The van der Waals surface area contributed by atoms with Crippen LogP contribution in [-0.4, -0.2) is 24.0 Å². The van der Waals surface area contributed by atoms with Gasteiger partial charge in [0, 0.05) is 14.0 Å². The van der Waals surface area contributed by atoms with E-state index in [1.807, 2.05) is 11.8 Å². The van der Waals surface area contributed by atoms with E-state index < -0.39 is 0 Å². The first-order valence-corrected chi connectivity index (χ1v) is 6.07. The quantitative estimate of drug-likeness (QED) is 0.668. The molecule has 0 unspecified atom stereocenters. The summed E-state index contributed by atoms with van der Waals surface area (Å²) >= 11 is 1.93. The number of aromatic nitrogens is 2. The SMILES string of the molecule is CCSC[n+]1ccn(CCOC)c1C. The summed E-state index contributed by atoms with van der Waals surface area (Å²) in [6.45, 7) is 6.04. The molecule has 0 saturated heterocycles. The first-order chi connectivity index (χ1) is 6.79. The highest BCUT2D eigenvalue weighted by atomic mass is 32.2. The molecule has 1 aromatic rings. The number of rotatable bonds is 6. The third kappa shape index (κ3) is 3.03. The first kappa shape index (κ1) is 11.6. The molecule has 0 aliphatic rings. The van der Waals surface area contributed by atoms with Gasteiger partial charge in [0.1, 0.15) is 24.8 Å². The summed E-state index contributed by atoms with van der Waals surface area (Å²) in [5.74, 6) is 3.50. The zero-order chi connectivity index (χ0) is 10.4. The molecule has 0 saturated carbocycles. The molecule has 0 amide bonds. The largest absolute Gasteiger partial charge is 0.381 e. The van der Waals surface area contributed by atoms with Crippen molar-refractivity contribution in [2.45, 2.75) is 26.3 Å². The minimum atomic E-state index is 0.774. The van der Waals surface area contributed by atoms with Crippen LogP contribution in [0.3, 0.4) is 0 Å². The Morgan fingerprint density at radius 3 is 3.00 bits per heavy atom. The summed E-state index contributed by atoms with van der Waals surface area (Å²) in [6.07, 6.45) is 4.25. The molecule has 0 aliphatic carbocycles. The van der Waals surface area contributed by atoms with Crippen molar-refractivity contribution >= 4 is 11.8 Å². The minimum absolute atomic E-state index is 0.774. The predicted molar refractivity (Wildman–Crippen MR) is 59.4 cm³/mol. The lowest BCUT2D eigenvalue weighted by atomic mass is 10.6. The van der Waals surface area contributed by atoms with Crippen LogP contribution in [0.2, 0.25) is 0 Å². The Balaban J connectivity index is 2.55. The summed E-state index contributed by atoms with van der Waals surface area (Å²) in [4.78, 5) is 0. The summed E-state index contributed by atoms with van der Waals surface area (Å²) < 4.78 is 9.55. The minimum Gasteiger partial charge on any atom is -0.381 e. The van der Waals surface area contributed by atoms with Crippen molar-refractivity contribution in [3.05, 3.63) is 18.2 Å². The summed E-state index contributed by atoms with van der Waals surface area (Å²) in [5, 5.41) is 0. The average molecular weight is 215 g/mol. The van der Waals surface area contributed by atoms with E-state index in [9.17, 15) is 0 Å². The molecule has 14 heavy (non-hydrogen) atoms. The standard InChI is InChI=1S/C10H19N2OS/c1-4-14-9-12-6-5-11(10(12)2)7-8-13-3/h5-6H,4,7-9H2,1-3H3/q+1. The molecule has 1 heterocycles. The van der Waals surface area contributed by atoms with Gasteiger partial charge in [0.05, 0.1) is 6.61 Å². The third-order valence-corrected chi connectivity index (χ3v) is 3.10. The van der Waals surface area contributed by atoms with Crippen molar-refractivity contribution in [1.82, 2.24) is 4.57 Å². The molecule has 0 N–H and O–H groups in total. The maximum absolute atomic E-state index is 5.06. The zero-order valence-electron chi connectivity index (χ0n) is 9.19. The smallest absolute Gasteiger partial charge is 0.254 e. The van der Waals surface area contributed by atoms with Crippen molar-refractivity contribution in [2.75, 3.05) is 19.5 Å². The fourth-order valence-electron chi connectivity index (χ4n) is 1.29. The molecule has 0 radical (unpaired) electrons. The maximum atomic E-state index is 5.06. The summed E-state index contributed by atoms with van der Waals surface area (Å²) in [6, 6.07) is 0. The van der Waals surface area contributed by atoms with Gasteiger partial charge in [-0.15, -0.1) is 11.8 Å². The number of thioether (sulfide) groups is 1. The second-order valence-corrected chi connectivity index (χ2v) is 4.37. The second kappa shape index (κ2) is 6.09. The van der Waals surface area contributed by atoms with Gasteiger partial charge in [-0.3, -0.25) is 0 Å². The molecule has 1 aromatic heterocycles. The Labute approximate surface area is 90.1 Å². The van der Waals surface area contributed by atoms with Gasteiger partial charge in [0.25, 0.3) is 5.82 Å². The van der Waals surface area contributed by atoms with Gasteiger partial charge < -0.3 is 4.74 Å². The van der Waals surface area contributed by atoms with Crippen molar-refractivity contribution in [3.63, 3.8) is 0 Å². The van der Waals surface area contributed by atoms with Crippen molar-refractivity contribution in [2.24, 2.45) is 0 Å². The van der Waals surface area contributed by atoms with Gasteiger partial charge in [-0.25, -0.2) is 9.13 Å². The monoisotopic (exact) mass is 215 g/mol. The van der Waals surface area contributed by atoms with E-state index >= 15 is 0 Å². The number of imidazole rings is 1. The molecule has 0 aromatic carbocycles. The van der Waals surface area contributed by atoms with E-state index in [1.165, 1.54) is 5.82 Å². The van der Waals surface area contributed by atoms with Gasteiger partial charge in [-0.05, 0) is 5.75 Å². The lowest BCUT2D eigenvalue weighted by molar-refractivity contribution is -0.681. The van der Waals surface area contributed by atoms with Crippen LogP contribution in [0, 0.1) is 6.92 Å². The van der Waals surface area contributed by atoms with E-state index in [0.29, 0.717) is 0 Å². The Morgan fingerprint density at radius 2 is 2.36 bits per heavy atom. The molecular formula is C10H19N2OS+. The van der Waals surface area contributed by atoms with Gasteiger partial charge >= 0.3 is 0 Å². The van der Waals surface area contributed by atoms with Crippen LogP contribution in [0.4, 0.5) is 0 Å². The van der Waals surface area contributed by atoms with Crippen LogP contribution in [0.25, 0.3) is 0 Å². The fraction of sp³-hybridized carbons (Fsp3) is 0.700. The van der Waals surface area contributed by atoms with E-state index in [1.54, 1.807) is 7.11 Å². The van der Waals surface area contributed by atoms with Gasteiger partial charge in [0.2, 0.25) is 0 Å². The molecule has 0 aliphatic heterocycles. The van der Waals surface area contributed by atoms with E-state index in [-0.39, 0.29) is 0 Å². The lowest BCUT2D eigenvalue weighted by Crippen LogP contribution is -2.34. The molecule has 0 fully saturated rings. The van der Waals surface area contributed by atoms with E-state index in [0.717, 1.165) is 24.8 Å². The van der Waals surface area contributed by atoms with Gasteiger partial charge in [-0.2, -0.15) is 0 Å². The van der Waals surface area contributed by atoms with Gasteiger partial charge in [-0.1, -0.05) is 6.92 Å².